The number of ether oxygens (including phenoxy) is 1. The second kappa shape index (κ2) is 7.65. The molecule has 20 heavy (non-hydrogen) atoms. The molecule has 2 atom stereocenters. The number of para-hydroxylation sites is 1. The van der Waals surface area contributed by atoms with Gasteiger partial charge in [0.05, 0.1) is 11.5 Å². The summed E-state index contributed by atoms with van der Waals surface area (Å²) in [5.74, 6) is 0.0314. The smallest absolute Gasteiger partial charge is 0.224 e. The Bertz CT molecular complexity index is 442. The third-order valence-electron chi connectivity index (χ3n) is 3.63. The van der Waals surface area contributed by atoms with Gasteiger partial charge in [0.2, 0.25) is 5.91 Å². The summed E-state index contributed by atoms with van der Waals surface area (Å²) in [4.78, 5) is 12.0. The van der Waals surface area contributed by atoms with Gasteiger partial charge in [0.25, 0.3) is 0 Å². The summed E-state index contributed by atoms with van der Waals surface area (Å²) < 4.78 is 5.64. The molecule has 0 aromatic heterocycles. The lowest BCUT2D eigenvalue weighted by Gasteiger charge is -2.22. The van der Waals surface area contributed by atoms with Crippen LogP contribution in [-0.4, -0.2) is 18.6 Å². The predicted molar refractivity (Wildman–Crippen MR) is 82.2 cm³/mol. The lowest BCUT2D eigenvalue weighted by Crippen LogP contribution is -2.22. The monoisotopic (exact) mass is 295 g/mol. The number of nitrogens with one attached hydrogen (secondary N) is 1. The summed E-state index contributed by atoms with van der Waals surface area (Å²) in [5, 5.41) is 2.84. The van der Waals surface area contributed by atoms with Gasteiger partial charge in [0.15, 0.2) is 0 Å². The number of anilines is 1. The Morgan fingerprint density at radius 3 is 2.95 bits per heavy atom. The third kappa shape index (κ3) is 4.50. The molecule has 1 aromatic carbocycles. The molecule has 1 aromatic rings. The number of carbonyl (C=O) groups is 1. The molecule has 1 saturated heterocycles. The van der Waals surface area contributed by atoms with E-state index >= 15 is 0 Å². The molecule has 1 N–H and O–H groups in total. The van der Waals surface area contributed by atoms with Crippen LogP contribution in [0.5, 0.6) is 0 Å². The van der Waals surface area contributed by atoms with E-state index in [1.165, 1.54) is 6.42 Å². The van der Waals surface area contributed by atoms with Crippen LogP contribution in [0.4, 0.5) is 5.69 Å². The van der Waals surface area contributed by atoms with Crippen LogP contribution in [0, 0.1) is 0 Å². The van der Waals surface area contributed by atoms with Crippen molar-refractivity contribution in [1.29, 1.82) is 0 Å². The normalized spacial score (nSPS) is 20.4. The fourth-order valence-electron chi connectivity index (χ4n) is 2.50. The minimum Gasteiger partial charge on any atom is -0.378 e. The minimum atomic E-state index is -0.117. The first-order valence-corrected chi connectivity index (χ1v) is 7.75. The van der Waals surface area contributed by atoms with E-state index < -0.39 is 0 Å². The summed E-state index contributed by atoms with van der Waals surface area (Å²) in [5.41, 5.74) is 1.76. The highest BCUT2D eigenvalue weighted by atomic mass is 35.5. The maximum atomic E-state index is 12.0. The SMILES string of the molecule is CC(Cl)c1ccccc1NC(=O)CCC1CCCCO1. The molecule has 1 aliphatic rings. The second-order valence-electron chi connectivity index (χ2n) is 5.28. The topological polar surface area (TPSA) is 38.3 Å². The molecule has 2 unspecified atom stereocenters. The molecule has 4 heteroatoms. The summed E-state index contributed by atoms with van der Waals surface area (Å²) >= 11 is 6.12. The molecule has 0 radical (unpaired) electrons. The molecule has 1 heterocycles. The highest BCUT2D eigenvalue weighted by Gasteiger charge is 2.16. The molecule has 1 fully saturated rings. The summed E-state index contributed by atoms with van der Waals surface area (Å²) in [6.07, 6.45) is 4.96. The van der Waals surface area contributed by atoms with Gasteiger partial charge in [-0.25, -0.2) is 0 Å². The van der Waals surface area contributed by atoms with Crippen LogP contribution in [0.25, 0.3) is 0 Å². The lowest BCUT2D eigenvalue weighted by atomic mass is 10.0. The van der Waals surface area contributed by atoms with E-state index in [9.17, 15) is 4.79 Å². The summed E-state index contributed by atoms with van der Waals surface area (Å²) in [6, 6.07) is 7.67. The van der Waals surface area contributed by atoms with Crippen LogP contribution >= 0.6 is 11.6 Å². The Labute approximate surface area is 125 Å². The van der Waals surface area contributed by atoms with E-state index in [2.05, 4.69) is 5.32 Å². The second-order valence-corrected chi connectivity index (χ2v) is 5.93. The molecule has 1 amide bonds. The molecule has 0 aliphatic carbocycles. The van der Waals surface area contributed by atoms with E-state index in [1.807, 2.05) is 31.2 Å². The fourth-order valence-corrected chi connectivity index (χ4v) is 2.69. The number of alkyl halides is 1. The van der Waals surface area contributed by atoms with Gasteiger partial charge < -0.3 is 10.1 Å². The highest BCUT2D eigenvalue weighted by Crippen LogP contribution is 2.27. The Hall–Kier alpha value is -1.06. The van der Waals surface area contributed by atoms with Gasteiger partial charge in [0.1, 0.15) is 0 Å². The van der Waals surface area contributed by atoms with E-state index in [-0.39, 0.29) is 17.4 Å². The van der Waals surface area contributed by atoms with E-state index in [0.717, 1.165) is 37.1 Å². The summed E-state index contributed by atoms with van der Waals surface area (Å²) in [6.45, 7) is 2.74. The Morgan fingerprint density at radius 1 is 1.45 bits per heavy atom. The van der Waals surface area contributed by atoms with Crippen LogP contribution in [0.3, 0.4) is 0 Å². The number of hydrogen-bond donors (Lipinski definition) is 1. The third-order valence-corrected chi connectivity index (χ3v) is 3.87. The minimum absolute atomic E-state index is 0.0314. The number of carbonyl (C=O) groups excluding carboxylic acids is 1. The highest BCUT2D eigenvalue weighted by molar-refractivity contribution is 6.21. The van der Waals surface area contributed by atoms with Gasteiger partial charge in [-0.05, 0) is 44.2 Å². The number of halogens is 1. The maximum absolute atomic E-state index is 12.0. The van der Waals surface area contributed by atoms with Gasteiger partial charge in [-0.3, -0.25) is 4.79 Å². The zero-order chi connectivity index (χ0) is 14.4. The van der Waals surface area contributed by atoms with Gasteiger partial charge in [-0.2, -0.15) is 0 Å². The van der Waals surface area contributed by atoms with Crippen LogP contribution in [0.2, 0.25) is 0 Å². The number of hydrogen-bond acceptors (Lipinski definition) is 2. The van der Waals surface area contributed by atoms with Crippen LogP contribution in [-0.2, 0) is 9.53 Å². The molecule has 3 nitrogen and oxygen atoms in total. The molecular weight excluding hydrogens is 274 g/mol. The number of rotatable bonds is 5. The standard InChI is InChI=1S/C16H22ClNO2/c1-12(17)14-7-2-3-8-15(14)18-16(19)10-9-13-6-4-5-11-20-13/h2-3,7-8,12-13H,4-6,9-11H2,1H3,(H,18,19). The van der Waals surface area contributed by atoms with Crippen LogP contribution in [0.15, 0.2) is 24.3 Å². The average Bonchev–Trinajstić information content (AvgIpc) is 2.46. The van der Waals surface area contributed by atoms with Crippen molar-refractivity contribution in [3.8, 4) is 0 Å². The molecule has 110 valence electrons. The fraction of sp³-hybridized carbons (Fsp3) is 0.562. The van der Waals surface area contributed by atoms with Crippen LogP contribution < -0.4 is 5.32 Å². The number of amides is 1. The van der Waals surface area contributed by atoms with Gasteiger partial charge in [-0.15, -0.1) is 11.6 Å². The molecule has 0 spiro atoms. The zero-order valence-corrected chi connectivity index (χ0v) is 12.7. The van der Waals surface area contributed by atoms with Crippen molar-refractivity contribution in [1.82, 2.24) is 0 Å². The van der Waals surface area contributed by atoms with Crippen molar-refractivity contribution in [2.24, 2.45) is 0 Å². The van der Waals surface area contributed by atoms with E-state index in [1.54, 1.807) is 0 Å². The van der Waals surface area contributed by atoms with Crippen molar-refractivity contribution >= 4 is 23.2 Å². The molecule has 2 rings (SSSR count). The quantitative estimate of drug-likeness (QED) is 0.824. The first-order valence-electron chi connectivity index (χ1n) is 7.31. The first-order chi connectivity index (χ1) is 9.66. The van der Waals surface area contributed by atoms with E-state index in [0.29, 0.717) is 6.42 Å². The van der Waals surface area contributed by atoms with Crippen molar-refractivity contribution < 1.29 is 9.53 Å². The van der Waals surface area contributed by atoms with Crippen molar-refractivity contribution in [3.63, 3.8) is 0 Å². The maximum Gasteiger partial charge on any atom is 0.224 e. The van der Waals surface area contributed by atoms with Gasteiger partial charge in [-0.1, -0.05) is 18.2 Å². The Balaban J connectivity index is 1.85. The Morgan fingerprint density at radius 2 is 2.25 bits per heavy atom. The predicted octanol–water partition coefficient (Wildman–Crippen LogP) is 4.27. The van der Waals surface area contributed by atoms with Crippen molar-refractivity contribution in [2.45, 2.75) is 50.5 Å². The lowest BCUT2D eigenvalue weighted by molar-refractivity contribution is -0.117. The van der Waals surface area contributed by atoms with Gasteiger partial charge >= 0.3 is 0 Å². The number of benzene rings is 1. The average molecular weight is 296 g/mol. The van der Waals surface area contributed by atoms with Gasteiger partial charge in [0, 0.05) is 18.7 Å². The molecule has 0 saturated carbocycles. The largest absolute Gasteiger partial charge is 0.378 e. The first kappa shape index (κ1) is 15.3. The van der Waals surface area contributed by atoms with E-state index in [4.69, 9.17) is 16.3 Å². The van der Waals surface area contributed by atoms with Crippen molar-refractivity contribution in [3.05, 3.63) is 29.8 Å². The van der Waals surface area contributed by atoms with Crippen LogP contribution in [0.1, 0.15) is 50.0 Å². The molecule has 0 bridgehead atoms. The Kier molecular flexibility index (Phi) is 5.86. The van der Waals surface area contributed by atoms with Crippen molar-refractivity contribution in [2.75, 3.05) is 11.9 Å². The summed E-state index contributed by atoms with van der Waals surface area (Å²) in [7, 11) is 0. The molecular formula is C16H22ClNO2. The zero-order valence-electron chi connectivity index (χ0n) is 11.9. The molecule has 1 aliphatic heterocycles.